The van der Waals surface area contributed by atoms with Crippen molar-refractivity contribution in [3.63, 3.8) is 0 Å². The maximum absolute atomic E-state index is 4.15. The Morgan fingerprint density at radius 2 is 1.90 bits per heavy atom. The van der Waals surface area contributed by atoms with Crippen LogP contribution in [0.4, 0.5) is 0 Å². The summed E-state index contributed by atoms with van der Waals surface area (Å²) in [6.07, 6.45) is 14.9. The van der Waals surface area contributed by atoms with Gasteiger partial charge in [0.1, 0.15) is 0 Å². The Morgan fingerprint density at radius 1 is 1.10 bits per heavy atom. The van der Waals surface area contributed by atoms with E-state index >= 15 is 0 Å². The van der Waals surface area contributed by atoms with Gasteiger partial charge in [-0.1, -0.05) is 73.6 Å². The third kappa shape index (κ3) is 10.0. The Morgan fingerprint density at radius 3 is 2.65 bits per heavy atom. The van der Waals surface area contributed by atoms with Gasteiger partial charge in [0.05, 0.1) is 0 Å². The van der Waals surface area contributed by atoms with Crippen LogP contribution < -0.4 is 5.32 Å². The van der Waals surface area contributed by atoms with Crippen LogP contribution in [0.25, 0.3) is 0 Å². The minimum Gasteiger partial charge on any atom is -0.389 e. The molecule has 0 aromatic heterocycles. The summed E-state index contributed by atoms with van der Waals surface area (Å²) in [6.45, 7) is 7.55. The fraction of sp³-hybridized carbons (Fsp3) is 0.882. The number of allylic oxidation sites excluding steroid dienone is 1. The van der Waals surface area contributed by atoms with Gasteiger partial charge in [0.25, 0.3) is 0 Å². The van der Waals surface area contributed by atoms with Crippen LogP contribution in [-0.2, 0) is 0 Å². The number of hydrogen-bond donors (Lipinski definition) is 1. The molecule has 0 radical (unpaired) electrons. The van der Waals surface area contributed by atoms with Gasteiger partial charge in [-0.25, -0.2) is 0 Å². The Labute approximate surface area is 134 Å². The molecule has 0 saturated carbocycles. The first-order chi connectivity index (χ1) is 9.83. The van der Waals surface area contributed by atoms with Crippen LogP contribution in [0.15, 0.2) is 12.3 Å². The molecule has 0 aromatic rings. The molecule has 0 amide bonds. The maximum Gasteiger partial charge on any atom is 0.0159 e. The average Bonchev–Trinajstić information content (AvgIpc) is 2.96. The molecule has 20 heavy (non-hydrogen) atoms. The quantitative estimate of drug-likeness (QED) is 0.323. The van der Waals surface area contributed by atoms with E-state index in [0.29, 0.717) is 0 Å². The summed E-state index contributed by atoms with van der Waals surface area (Å²) >= 11 is 0. The summed E-state index contributed by atoms with van der Waals surface area (Å²) in [7, 11) is 4.16. The molecular weight excluding hydrogens is 282 g/mol. The number of unbranched alkanes of at least 4 members (excludes halogenated alkanes) is 6. The molecule has 1 nitrogen and oxygen atoms in total. The lowest BCUT2D eigenvalue weighted by Crippen LogP contribution is -2.13. The van der Waals surface area contributed by atoms with E-state index in [0.717, 1.165) is 11.8 Å². The van der Waals surface area contributed by atoms with Crippen molar-refractivity contribution >= 4 is 21.6 Å². The summed E-state index contributed by atoms with van der Waals surface area (Å²) in [4.78, 5) is 0. The van der Waals surface area contributed by atoms with Gasteiger partial charge < -0.3 is 5.32 Å². The van der Waals surface area contributed by atoms with Crippen LogP contribution in [0, 0.1) is 0 Å². The van der Waals surface area contributed by atoms with Crippen LogP contribution in [0.1, 0.15) is 77.6 Å². The molecule has 0 bridgehead atoms. The minimum atomic E-state index is 0.935. The third-order valence-corrected chi connectivity index (χ3v) is 6.89. The molecule has 0 aromatic carbocycles. The molecule has 1 fully saturated rings. The summed E-state index contributed by atoms with van der Waals surface area (Å²) < 4.78 is 0. The van der Waals surface area contributed by atoms with E-state index in [2.05, 4.69) is 40.4 Å². The van der Waals surface area contributed by atoms with Gasteiger partial charge in [0.2, 0.25) is 0 Å². The van der Waals surface area contributed by atoms with E-state index < -0.39 is 0 Å². The number of nitrogens with one attached hydrogen (secondary N) is 1. The molecule has 0 aliphatic carbocycles. The molecular formula is C17H33NS2. The normalized spacial score (nSPS) is 18.4. The van der Waals surface area contributed by atoms with Crippen molar-refractivity contribution in [2.75, 3.05) is 12.3 Å². The second kappa shape index (κ2) is 12.9. The van der Waals surface area contributed by atoms with E-state index in [1.807, 2.05) is 0 Å². The standard InChI is InChI=1S/C17H33NS2/c1-3-4-5-6-7-10-14-18-16(2)11-8-9-12-17-13-15-19-20-17/h17-18H,2-15H2,1H3. The fourth-order valence-electron chi connectivity index (χ4n) is 2.53. The number of rotatable bonds is 13. The summed E-state index contributed by atoms with van der Waals surface area (Å²) in [6, 6.07) is 0. The molecule has 1 atom stereocenters. The van der Waals surface area contributed by atoms with E-state index in [1.54, 1.807) is 0 Å². The molecule has 1 N–H and O–H groups in total. The summed E-state index contributed by atoms with van der Waals surface area (Å²) in [5, 5.41) is 4.43. The Bertz CT molecular complexity index is 237. The molecule has 1 heterocycles. The van der Waals surface area contributed by atoms with Crippen molar-refractivity contribution in [1.82, 2.24) is 5.32 Å². The van der Waals surface area contributed by atoms with Crippen LogP contribution in [0.2, 0.25) is 0 Å². The van der Waals surface area contributed by atoms with Gasteiger partial charge in [0, 0.05) is 23.2 Å². The Hall–Kier alpha value is 0.240. The zero-order valence-electron chi connectivity index (χ0n) is 13.3. The van der Waals surface area contributed by atoms with Gasteiger partial charge in [-0.2, -0.15) is 0 Å². The molecule has 1 unspecified atom stereocenters. The Kier molecular flexibility index (Phi) is 11.8. The predicted molar refractivity (Wildman–Crippen MR) is 97.4 cm³/mol. The summed E-state index contributed by atoms with van der Waals surface area (Å²) in [5.74, 6) is 1.36. The largest absolute Gasteiger partial charge is 0.389 e. The average molecular weight is 316 g/mol. The molecule has 3 heteroatoms. The highest BCUT2D eigenvalue weighted by atomic mass is 33.1. The van der Waals surface area contributed by atoms with Gasteiger partial charge in [0.15, 0.2) is 0 Å². The van der Waals surface area contributed by atoms with Crippen LogP contribution in [0.5, 0.6) is 0 Å². The topological polar surface area (TPSA) is 12.0 Å². The zero-order valence-corrected chi connectivity index (χ0v) is 14.9. The molecule has 0 spiro atoms. The van der Waals surface area contributed by atoms with Gasteiger partial charge in [-0.3, -0.25) is 0 Å². The SMILES string of the molecule is C=C(CCCCC1CCSS1)NCCCCCCCC. The van der Waals surface area contributed by atoms with Gasteiger partial charge >= 0.3 is 0 Å². The first-order valence-corrected chi connectivity index (χ1v) is 10.9. The predicted octanol–water partition coefficient (Wildman–Crippen LogP) is 6.16. The van der Waals surface area contributed by atoms with E-state index in [1.165, 1.54) is 82.1 Å². The fourth-order valence-corrected chi connectivity index (χ4v) is 5.56. The lowest BCUT2D eigenvalue weighted by Gasteiger charge is -2.10. The van der Waals surface area contributed by atoms with Crippen molar-refractivity contribution in [3.8, 4) is 0 Å². The maximum atomic E-state index is 4.15. The number of hydrogen-bond acceptors (Lipinski definition) is 3. The molecule has 118 valence electrons. The van der Waals surface area contributed by atoms with Crippen molar-refractivity contribution < 1.29 is 0 Å². The van der Waals surface area contributed by atoms with Crippen molar-refractivity contribution in [1.29, 1.82) is 0 Å². The molecule has 1 rings (SSSR count). The monoisotopic (exact) mass is 315 g/mol. The highest BCUT2D eigenvalue weighted by Crippen LogP contribution is 2.39. The first kappa shape index (κ1) is 18.3. The summed E-state index contributed by atoms with van der Waals surface area (Å²) in [5.41, 5.74) is 1.26. The molecule has 1 aliphatic heterocycles. The third-order valence-electron chi connectivity index (χ3n) is 3.89. The molecule has 1 saturated heterocycles. The second-order valence-corrected chi connectivity index (χ2v) is 8.66. The minimum absolute atomic E-state index is 0.935. The highest BCUT2D eigenvalue weighted by Gasteiger charge is 2.15. The van der Waals surface area contributed by atoms with Crippen molar-refractivity contribution in [2.45, 2.75) is 82.8 Å². The first-order valence-electron chi connectivity index (χ1n) is 8.53. The van der Waals surface area contributed by atoms with Crippen LogP contribution in [0.3, 0.4) is 0 Å². The zero-order chi connectivity index (χ0) is 14.5. The van der Waals surface area contributed by atoms with E-state index in [-0.39, 0.29) is 0 Å². The van der Waals surface area contributed by atoms with Gasteiger partial charge in [-0.15, -0.1) is 0 Å². The molecule has 1 aliphatic rings. The van der Waals surface area contributed by atoms with Gasteiger partial charge in [-0.05, 0) is 32.1 Å². The Balaban J connectivity index is 1.80. The van der Waals surface area contributed by atoms with Crippen molar-refractivity contribution in [2.24, 2.45) is 0 Å². The lowest BCUT2D eigenvalue weighted by atomic mass is 10.1. The second-order valence-electron chi connectivity index (χ2n) is 5.87. The highest BCUT2D eigenvalue weighted by molar-refractivity contribution is 8.77. The van der Waals surface area contributed by atoms with Crippen LogP contribution >= 0.6 is 21.6 Å². The van der Waals surface area contributed by atoms with Crippen molar-refractivity contribution in [3.05, 3.63) is 12.3 Å². The lowest BCUT2D eigenvalue weighted by molar-refractivity contribution is 0.580. The van der Waals surface area contributed by atoms with Crippen LogP contribution in [-0.4, -0.2) is 17.5 Å². The smallest absolute Gasteiger partial charge is 0.0159 e. The van der Waals surface area contributed by atoms with E-state index in [4.69, 9.17) is 0 Å². The van der Waals surface area contributed by atoms with E-state index in [9.17, 15) is 0 Å².